The van der Waals surface area contributed by atoms with Crippen LogP contribution < -0.4 is 27.1 Å². The minimum atomic E-state index is -10.4. The zero-order chi connectivity index (χ0) is 64.4. The molecule has 0 N–H and O–H groups in total. The third-order valence-corrected chi connectivity index (χ3v) is 22.5. The number of alkyl halides is 24. The topological polar surface area (TPSA) is 92.3 Å². The predicted octanol–water partition coefficient (Wildman–Crippen LogP) is 21.8. The third kappa shape index (κ3) is 11.0. The normalized spacial score (nSPS) is 18.3. The molecule has 0 aliphatic carbocycles. The summed E-state index contributed by atoms with van der Waals surface area (Å²) in [5, 5.41) is -2.92. The van der Waals surface area contributed by atoms with Crippen molar-refractivity contribution in [3.8, 4) is 34.5 Å². The molecule has 0 radical (unpaired) electrons. The molecular weight excluding hydrogens is 1510 g/mol. The van der Waals surface area contributed by atoms with Crippen LogP contribution in [0.4, 0.5) is 105 Å². The molecule has 3 aromatic carbocycles. The Morgan fingerprint density at radius 1 is 0.268 bits per heavy atom. The fourth-order valence-corrected chi connectivity index (χ4v) is 16.8. The van der Waals surface area contributed by atoms with E-state index in [2.05, 4.69) is 15.2 Å². The van der Waals surface area contributed by atoms with Crippen molar-refractivity contribution in [3.05, 3.63) is 60.3 Å². The van der Waals surface area contributed by atoms with Gasteiger partial charge in [-0.3, -0.25) is 0 Å². The van der Waals surface area contributed by atoms with Gasteiger partial charge in [0, 0.05) is 0 Å². The van der Waals surface area contributed by atoms with Crippen molar-refractivity contribution in [2.75, 3.05) is 0 Å². The van der Waals surface area contributed by atoms with Crippen LogP contribution in [0.15, 0.2) is 0 Å². The molecule has 1 spiro atoms. The van der Waals surface area contributed by atoms with Gasteiger partial charge in [-0.2, -0.15) is 105 Å². The van der Waals surface area contributed by atoms with Crippen molar-refractivity contribution in [2.45, 2.75) is 99.5 Å². The average molecular weight is 1520 g/mol. The van der Waals surface area contributed by atoms with E-state index in [0.29, 0.717) is 0 Å². The van der Waals surface area contributed by atoms with Gasteiger partial charge in [0.25, 0.3) is 0 Å². The Morgan fingerprint density at radius 2 is 0.451 bits per heavy atom. The summed E-state index contributed by atoms with van der Waals surface area (Å²) in [7, 11) is -6.81. The van der Waals surface area contributed by atoms with Crippen LogP contribution in [0.1, 0.15) is 27.7 Å². The van der Waals surface area contributed by atoms with E-state index in [1.54, 1.807) is 0 Å². The Balaban J connectivity index is 0.000000304. The molecule has 3 aliphatic heterocycles. The fourth-order valence-electron chi connectivity index (χ4n) is 6.30. The molecule has 0 unspecified atom stereocenters. The molecule has 0 saturated carbocycles. The van der Waals surface area contributed by atoms with Crippen molar-refractivity contribution in [3.63, 3.8) is 0 Å². The summed E-state index contributed by atoms with van der Waals surface area (Å²) in [6.45, 7) is -5.20. The van der Waals surface area contributed by atoms with Crippen molar-refractivity contribution >= 4 is 161 Å². The van der Waals surface area contributed by atoms with Gasteiger partial charge in [0.05, 0.1) is 0 Å². The van der Waals surface area contributed by atoms with Gasteiger partial charge < -0.3 is 15.2 Å². The van der Waals surface area contributed by atoms with Gasteiger partial charge in [0.1, 0.15) is 5.60 Å². The van der Waals surface area contributed by atoms with E-state index in [-0.39, 0.29) is 94.8 Å². The number of hydrogen-bond donors (Lipinski definition) is 0. The van der Waals surface area contributed by atoms with Crippen LogP contribution in [0.2, 0.25) is 60.3 Å². The Bertz CT molecular complexity index is 2700. The zero-order valence-corrected chi connectivity index (χ0v) is 48.8. The maximum atomic E-state index is 13.5. The summed E-state index contributed by atoms with van der Waals surface area (Å²) >= 11 is 65.4. The molecule has 0 bridgehead atoms. The minimum absolute atomic E-state index is 0.205. The monoisotopic (exact) mass is 1510 g/mol. The molecule has 3 aliphatic rings. The first-order chi connectivity index (χ1) is 35.9. The average Bonchev–Trinajstić information content (AvgIpc) is 3.88. The van der Waals surface area contributed by atoms with Gasteiger partial charge in [-0.1, -0.05) is 0 Å². The molecule has 6 rings (SSSR count). The van der Waals surface area contributed by atoms with Gasteiger partial charge in [0.2, 0.25) is 11.2 Å². The summed E-state index contributed by atoms with van der Waals surface area (Å²) < 4.78 is 372. The van der Waals surface area contributed by atoms with Crippen LogP contribution in [-0.4, -0.2) is 86.2 Å². The zero-order valence-electron chi connectivity index (χ0n) is 37.7. The van der Waals surface area contributed by atoms with Gasteiger partial charge in [-0.25, -0.2) is 0 Å². The Kier molecular flexibility index (Phi) is 18.0. The van der Waals surface area contributed by atoms with Crippen molar-refractivity contribution in [1.82, 2.24) is 0 Å². The van der Waals surface area contributed by atoms with Gasteiger partial charge in [-0.15, -0.1) is 0 Å². The summed E-state index contributed by atoms with van der Waals surface area (Å²) in [5.74, 6) is -2.13. The number of rotatable bonds is 8. The summed E-state index contributed by atoms with van der Waals surface area (Å²) in [5.41, 5.74) is -27.6. The van der Waals surface area contributed by atoms with E-state index >= 15 is 0 Å². The van der Waals surface area contributed by atoms with Crippen LogP contribution in [0.5, 0.6) is 34.5 Å². The molecule has 0 aromatic heterocycles. The van der Waals surface area contributed by atoms with Gasteiger partial charge >= 0.3 is 338 Å². The summed E-state index contributed by atoms with van der Waals surface area (Å²) in [6, 6.07) is 0. The molecule has 3 aromatic rings. The summed E-state index contributed by atoms with van der Waals surface area (Å²) in [4.78, 5) is 0. The number of fused-ring (bicyclic) bond motifs is 3. The summed E-state index contributed by atoms with van der Waals surface area (Å²) in [6.07, 6.45) is -62.4. The maximum absolute atomic E-state index is 13.5. The molecule has 82 heavy (non-hydrogen) atoms. The number of hydrogen-bond acceptors (Lipinski definition) is 10. The standard InChI is InChI=1S/C18Cl12O6P.C4F9O.2C4H3F6O.C4H6F3O.Al/c19-1-2(20)8(26)14-13(7(1)25)31-37(32-14,33-15-9(27)3(21)4(22)10(28)16(15)34-37)35-17-11(29)5(23)6(24)12(30)18(17)36-37;5-2(6,7)1(14,3(8,9)10)4(11,12)13;2*1-2(11,3(5,6)7)4(8,9)10;1-3(2,8)4(5,6)7;/h;;2*1H3;1-2H3;/q5*-1;+3. The first-order valence-corrected chi connectivity index (χ1v) is 28.0. The predicted molar refractivity (Wildman–Crippen MR) is 242 cm³/mol. The van der Waals surface area contributed by atoms with Crippen LogP contribution in [0.25, 0.3) is 0 Å². The second-order valence-corrected chi connectivity index (χ2v) is 26.7. The second kappa shape index (κ2) is 20.5. The molecular formula is C34H12AlCl12F24O10P-2. The van der Waals surface area contributed by atoms with E-state index in [1.807, 2.05) is 0 Å². The van der Waals surface area contributed by atoms with Crippen LogP contribution in [0, 0.1) is 0 Å². The third-order valence-electron chi connectivity index (χ3n) is 10.8. The van der Waals surface area contributed by atoms with Crippen molar-refractivity contribution < 1.29 is 148 Å². The van der Waals surface area contributed by atoms with Crippen LogP contribution in [0.3, 0.4) is 0 Å². The van der Waals surface area contributed by atoms with Crippen LogP contribution >= 0.6 is 147 Å². The number of benzene rings is 3. The van der Waals surface area contributed by atoms with Crippen LogP contribution in [-0.2, 0) is 15.2 Å². The Labute approximate surface area is 499 Å². The van der Waals surface area contributed by atoms with E-state index in [0.717, 1.165) is 0 Å². The van der Waals surface area contributed by atoms with E-state index in [9.17, 15) is 105 Å². The van der Waals surface area contributed by atoms with E-state index in [4.69, 9.17) is 166 Å². The first-order valence-electron chi connectivity index (χ1n) is 19.4. The first kappa shape index (κ1) is 71.8. The fraction of sp³-hybridized carbons (Fsp3) is 0.471. The molecule has 0 amide bonds. The van der Waals surface area contributed by atoms with E-state index < -0.39 is 121 Å². The molecule has 10 nitrogen and oxygen atoms in total. The Morgan fingerprint density at radius 3 is 0.598 bits per heavy atom. The molecule has 0 atom stereocenters. The molecule has 3 heterocycles. The number of halogens is 36. The molecule has 0 fully saturated rings. The molecule has 470 valence electrons. The van der Waals surface area contributed by atoms with Gasteiger partial charge in [-0.05, 0) is 27.7 Å². The molecule has 0 saturated heterocycles. The quantitative estimate of drug-likeness (QED) is 0.0714. The Hall–Kier alpha value is -0.938. The van der Waals surface area contributed by atoms with Gasteiger partial charge in [0.15, 0.2) is 0 Å². The molecule has 48 heteroatoms. The SMILES string of the molecule is CC(C)([O][Al-]([O]C(C)(C(F)(F)F)C(F)(F)F)([O]C(C)(C(F)(F)F)C(F)(F)F)[O]C(C(F)(F)F)(C(F)(F)F)C(F)(F)F)C(F)(F)F.Clc1c(Cl)c(Cl)c2c(c1Cl)O[P-]13(O2)(Oc2c(Cl)c(Cl)c(Cl)c(Cl)c2O1)Oc1c(Cl)c(Cl)c(Cl)c(Cl)c1O3. The van der Waals surface area contributed by atoms with Crippen molar-refractivity contribution in [2.24, 2.45) is 0 Å². The second-order valence-electron chi connectivity index (χ2n) is 16.7. The van der Waals surface area contributed by atoms with Crippen molar-refractivity contribution in [1.29, 1.82) is 0 Å². The van der Waals surface area contributed by atoms with E-state index in [1.165, 1.54) is 0 Å².